The molecule has 2 atom stereocenters. The van der Waals surface area contributed by atoms with Crippen LogP contribution in [0.3, 0.4) is 0 Å². The van der Waals surface area contributed by atoms with E-state index >= 15 is 0 Å². The molecule has 16 heteroatoms. The number of hydrogen-bond donors (Lipinski definition) is 2. The second-order valence-corrected chi connectivity index (χ2v) is 23.1. The normalized spacial score (nSPS) is 12.2. The number of benzene rings is 6. The smallest absolute Gasteiger partial charge is 0.248 e. The first-order valence-electron chi connectivity index (χ1n) is 28.9. The molecular weight excluding hydrogens is 1090 g/mol. The highest BCUT2D eigenvalue weighted by molar-refractivity contribution is 7.84. The van der Waals surface area contributed by atoms with Gasteiger partial charge in [0.05, 0.1) is 70.4 Å². The molecule has 6 aromatic carbocycles. The summed E-state index contributed by atoms with van der Waals surface area (Å²) in [6.45, 7) is 9.38. The van der Waals surface area contributed by atoms with Gasteiger partial charge in [-0.1, -0.05) is 100 Å². The molecular formula is C68H76N6O8S2. The van der Waals surface area contributed by atoms with Crippen LogP contribution in [-0.2, 0) is 65.3 Å². The number of hydrogen-bond acceptors (Lipinski definition) is 10. The number of nitrogens with zero attached hydrogens (tertiary/aromatic N) is 4. The van der Waals surface area contributed by atoms with Gasteiger partial charge in [-0.05, 0) is 156 Å². The van der Waals surface area contributed by atoms with Crippen molar-refractivity contribution in [2.24, 2.45) is 0 Å². The molecule has 2 aromatic heterocycles. The van der Waals surface area contributed by atoms with Crippen LogP contribution in [0.25, 0.3) is 34.4 Å². The molecule has 0 aliphatic heterocycles. The van der Waals surface area contributed by atoms with Crippen molar-refractivity contribution in [3.63, 3.8) is 0 Å². The van der Waals surface area contributed by atoms with Crippen LogP contribution < -0.4 is 20.1 Å². The van der Waals surface area contributed by atoms with Gasteiger partial charge in [-0.3, -0.25) is 18.0 Å². The fraction of sp³-hybridized carbons (Fsp3) is 0.294. The number of nitrogens with one attached hydrogen (secondary N) is 2. The van der Waals surface area contributed by atoms with E-state index in [0.29, 0.717) is 65.7 Å². The number of carbonyl (C=O) groups is 2. The van der Waals surface area contributed by atoms with Gasteiger partial charge in [0, 0.05) is 72.0 Å². The SMILES string of the molecule is CCCCOCCOc1ccc(-c2cccc(/C=C/C(=O)Nc3ccc([S@](=O)Cc4cncn4CCCCCCCOCCOc4ccc(-c5cccc(/C=C/C(=O)Nc6ccc([S@@](=O)Cc7cncn7CCC)cc6)c5)cc4)cc3)c2)cc1. The Hall–Kier alpha value is -8.02. The Morgan fingerprint density at radius 2 is 0.929 bits per heavy atom. The topological polar surface area (TPSA) is 165 Å². The first-order chi connectivity index (χ1) is 41.2. The van der Waals surface area contributed by atoms with Crippen molar-refractivity contribution in [1.29, 1.82) is 0 Å². The summed E-state index contributed by atoms with van der Waals surface area (Å²) < 4.78 is 53.7. The van der Waals surface area contributed by atoms with E-state index in [-0.39, 0.29) is 11.8 Å². The minimum absolute atomic E-state index is 0.258. The second-order valence-electron chi connectivity index (χ2n) is 20.2. The summed E-state index contributed by atoms with van der Waals surface area (Å²) in [5.41, 5.74) is 9.04. The van der Waals surface area contributed by atoms with Crippen molar-refractivity contribution in [1.82, 2.24) is 19.1 Å². The molecule has 0 aliphatic rings. The summed E-state index contributed by atoms with van der Waals surface area (Å²) in [5, 5.41) is 5.80. The van der Waals surface area contributed by atoms with Crippen molar-refractivity contribution >= 4 is 56.9 Å². The molecule has 8 rings (SSSR count). The Kier molecular flexibility index (Phi) is 25.1. The molecule has 0 bridgehead atoms. The average molecular weight is 1170 g/mol. The maximum Gasteiger partial charge on any atom is 0.248 e. The number of imidazole rings is 2. The highest BCUT2D eigenvalue weighted by Gasteiger charge is 2.13. The lowest BCUT2D eigenvalue weighted by atomic mass is 10.0. The fourth-order valence-corrected chi connectivity index (χ4v) is 11.4. The molecule has 0 aliphatic carbocycles. The van der Waals surface area contributed by atoms with Crippen LogP contribution in [0.1, 0.15) is 87.7 Å². The quantitative estimate of drug-likeness (QED) is 0.0288. The van der Waals surface area contributed by atoms with Crippen LogP contribution >= 0.6 is 0 Å². The maximum atomic E-state index is 13.4. The number of ether oxygens (including phenoxy) is 4. The third-order valence-electron chi connectivity index (χ3n) is 13.7. The van der Waals surface area contributed by atoms with Gasteiger partial charge in [-0.25, -0.2) is 9.97 Å². The molecule has 84 heavy (non-hydrogen) atoms. The van der Waals surface area contributed by atoms with Gasteiger partial charge in [0.15, 0.2) is 0 Å². The zero-order valence-corrected chi connectivity index (χ0v) is 49.7. The second kappa shape index (κ2) is 33.9. The molecule has 0 radical (unpaired) electrons. The summed E-state index contributed by atoms with van der Waals surface area (Å²) in [4.78, 5) is 35.6. The monoisotopic (exact) mass is 1170 g/mol. The van der Waals surface area contributed by atoms with Crippen molar-refractivity contribution in [3.05, 3.63) is 205 Å². The van der Waals surface area contributed by atoms with Crippen molar-refractivity contribution in [2.75, 3.05) is 50.3 Å². The summed E-state index contributed by atoms with van der Waals surface area (Å²) in [5.74, 6) is 1.79. The van der Waals surface area contributed by atoms with E-state index in [4.69, 9.17) is 18.9 Å². The molecule has 14 nitrogen and oxygen atoms in total. The largest absolute Gasteiger partial charge is 0.491 e. The molecule has 0 fully saturated rings. The molecule has 2 amide bonds. The summed E-state index contributed by atoms with van der Waals surface area (Å²) in [6.07, 6.45) is 22.1. The predicted molar refractivity (Wildman–Crippen MR) is 338 cm³/mol. The summed E-state index contributed by atoms with van der Waals surface area (Å²) in [7, 11) is -2.51. The minimum atomic E-state index is -1.28. The Bertz CT molecular complexity index is 3410. The van der Waals surface area contributed by atoms with Gasteiger partial charge < -0.3 is 38.7 Å². The third kappa shape index (κ3) is 20.4. The van der Waals surface area contributed by atoms with Crippen LogP contribution in [0.5, 0.6) is 11.5 Å². The summed E-state index contributed by atoms with van der Waals surface area (Å²) >= 11 is 0. The maximum absolute atomic E-state index is 13.4. The zero-order valence-electron chi connectivity index (χ0n) is 48.1. The van der Waals surface area contributed by atoms with Crippen LogP contribution in [0.4, 0.5) is 11.4 Å². The third-order valence-corrected chi connectivity index (χ3v) is 16.4. The Morgan fingerprint density at radius 3 is 1.40 bits per heavy atom. The predicted octanol–water partition coefficient (Wildman–Crippen LogP) is 14.0. The van der Waals surface area contributed by atoms with Gasteiger partial charge in [-0.15, -0.1) is 0 Å². The van der Waals surface area contributed by atoms with Crippen molar-refractivity contribution < 1.29 is 37.0 Å². The molecule has 0 unspecified atom stereocenters. The Morgan fingerprint density at radius 1 is 0.476 bits per heavy atom. The molecule has 2 N–H and O–H groups in total. The Labute approximate surface area is 499 Å². The van der Waals surface area contributed by atoms with Crippen LogP contribution in [0, 0.1) is 0 Å². The standard InChI is InChI=1S/C68H76N6O8S2/c1-3-5-39-79-41-43-81-63-27-19-55(20-28-63)57-15-11-13-53(45-57)18-36-68(76)72-60-25-33-66(34-26-60)84(78)50-62-48-70-52-74(62)38-9-7-6-8-10-40-80-42-44-82-64-29-21-56(22-30-64)58-16-12-14-54(46-58)17-35-67(75)71-59-23-31-65(32-24-59)83(77)49-61-47-69-51-73(61)37-4-2/h11-36,45-48,51-52H,3-10,37-44,49-50H2,1-2H3,(H,71,75)(H,72,76)/b35-17+,36-18+/t83-,84+/m0/s1. The van der Waals surface area contributed by atoms with Gasteiger partial charge in [0.2, 0.25) is 11.8 Å². The van der Waals surface area contributed by atoms with Gasteiger partial charge in [0.25, 0.3) is 0 Å². The van der Waals surface area contributed by atoms with E-state index < -0.39 is 21.6 Å². The van der Waals surface area contributed by atoms with E-state index in [0.717, 1.165) is 127 Å². The zero-order chi connectivity index (χ0) is 58.6. The lowest BCUT2D eigenvalue weighted by Gasteiger charge is -2.10. The van der Waals surface area contributed by atoms with E-state index in [1.165, 1.54) is 12.2 Å². The first kappa shape index (κ1) is 62.0. The van der Waals surface area contributed by atoms with E-state index in [1.54, 1.807) is 79.4 Å². The van der Waals surface area contributed by atoms with E-state index in [9.17, 15) is 18.0 Å². The molecule has 0 saturated heterocycles. The number of rotatable bonds is 35. The number of anilines is 2. The van der Waals surface area contributed by atoms with E-state index in [2.05, 4.69) is 39.0 Å². The van der Waals surface area contributed by atoms with Gasteiger partial charge >= 0.3 is 0 Å². The lowest BCUT2D eigenvalue weighted by Crippen LogP contribution is -2.08. The number of amides is 2. The van der Waals surface area contributed by atoms with Gasteiger partial charge in [0.1, 0.15) is 24.7 Å². The van der Waals surface area contributed by atoms with Crippen LogP contribution in [-0.4, -0.2) is 79.0 Å². The highest BCUT2D eigenvalue weighted by atomic mass is 32.2. The first-order valence-corrected chi connectivity index (χ1v) is 31.6. The van der Waals surface area contributed by atoms with E-state index in [1.807, 2.05) is 108 Å². The lowest BCUT2D eigenvalue weighted by molar-refractivity contribution is -0.112. The number of aromatic nitrogens is 4. The van der Waals surface area contributed by atoms with Crippen molar-refractivity contribution in [2.45, 2.75) is 99.6 Å². The number of aryl methyl sites for hydroxylation is 2. The molecule has 0 saturated carbocycles. The van der Waals surface area contributed by atoms with Gasteiger partial charge in [-0.2, -0.15) is 0 Å². The van der Waals surface area contributed by atoms with Crippen molar-refractivity contribution in [3.8, 4) is 33.8 Å². The molecule has 438 valence electrons. The molecule has 8 aromatic rings. The molecule has 0 spiro atoms. The average Bonchev–Trinajstić information content (AvgIpc) is 4.30. The van der Waals surface area contributed by atoms with Crippen LogP contribution in [0.15, 0.2) is 193 Å². The molecule has 2 heterocycles. The highest BCUT2D eigenvalue weighted by Crippen LogP contribution is 2.26. The van der Waals surface area contributed by atoms with Crippen LogP contribution in [0.2, 0.25) is 0 Å². The fourth-order valence-electron chi connectivity index (χ4n) is 9.14. The summed E-state index contributed by atoms with van der Waals surface area (Å²) in [6, 6.07) is 46.2. The minimum Gasteiger partial charge on any atom is -0.491 e. The number of carbonyl (C=O) groups excluding carboxylic acids is 2. The Balaban J connectivity index is 0.656. The number of unbranched alkanes of at least 4 members (excludes halogenated alkanes) is 5.